The first-order chi connectivity index (χ1) is 23.2. The average molecular weight is 760 g/mol. The number of fused-ring (bicyclic) bond motifs is 1. The number of ether oxygens (including phenoxy) is 1. The molecule has 0 radical (unpaired) electrons. The predicted molar refractivity (Wildman–Crippen MR) is 191 cm³/mol. The maximum Gasteiger partial charge on any atom is 0.316 e. The Kier molecular flexibility index (Phi) is 11.0. The molecule has 9 nitrogen and oxygen atoms in total. The number of halogens is 3. The summed E-state index contributed by atoms with van der Waals surface area (Å²) in [6.45, 7) is 0. The number of alkyl halides is 1. The monoisotopic (exact) mass is 758 g/mol. The van der Waals surface area contributed by atoms with Gasteiger partial charge in [0.25, 0.3) is 0 Å². The van der Waals surface area contributed by atoms with Gasteiger partial charge in [-0.2, -0.15) is 0 Å². The predicted octanol–water partition coefficient (Wildman–Crippen LogP) is 7.21. The van der Waals surface area contributed by atoms with Crippen LogP contribution in [0.3, 0.4) is 0 Å². The Hall–Kier alpha value is -3.52. The summed E-state index contributed by atoms with van der Waals surface area (Å²) in [6.07, 6.45) is 0.253. The molecule has 3 amide bonds. The van der Waals surface area contributed by atoms with Crippen molar-refractivity contribution >= 4 is 104 Å². The third-order valence-electron chi connectivity index (χ3n) is 7.26. The number of amides is 3. The van der Waals surface area contributed by atoms with Crippen LogP contribution < -0.4 is 10.6 Å². The first-order valence-electron chi connectivity index (χ1n) is 14.4. The van der Waals surface area contributed by atoms with Crippen LogP contribution >= 0.6 is 69.7 Å². The van der Waals surface area contributed by atoms with E-state index in [4.69, 9.17) is 39.5 Å². The molecule has 1 aromatic heterocycles. The van der Waals surface area contributed by atoms with Crippen LogP contribution in [0.15, 0.2) is 95.8 Å². The number of thiazole rings is 1. The number of thioether (sulfide) groups is 2. The molecule has 2 unspecified atom stereocenters. The molecule has 2 N–H and O–H groups in total. The van der Waals surface area contributed by atoms with E-state index in [1.807, 2.05) is 60.7 Å². The molecule has 48 heavy (non-hydrogen) atoms. The van der Waals surface area contributed by atoms with Gasteiger partial charge in [-0.15, -0.1) is 35.1 Å². The van der Waals surface area contributed by atoms with Gasteiger partial charge >= 0.3 is 5.97 Å². The number of benzene rings is 3. The fourth-order valence-corrected chi connectivity index (χ4v) is 9.19. The third kappa shape index (κ3) is 7.69. The van der Waals surface area contributed by atoms with Crippen molar-refractivity contribution < 1.29 is 23.9 Å². The number of anilines is 1. The van der Waals surface area contributed by atoms with Crippen LogP contribution in [0.4, 0.5) is 5.13 Å². The van der Waals surface area contributed by atoms with Crippen LogP contribution in [0.5, 0.6) is 0 Å². The van der Waals surface area contributed by atoms with Crippen molar-refractivity contribution in [1.29, 1.82) is 0 Å². The summed E-state index contributed by atoms with van der Waals surface area (Å²) in [5.74, 6) is -1.58. The molecule has 3 heterocycles. The van der Waals surface area contributed by atoms with Gasteiger partial charge in [-0.25, -0.2) is 4.98 Å². The van der Waals surface area contributed by atoms with Crippen molar-refractivity contribution in [3.63, 3.8) is 0 Å². The number of aromatic nitrogens is 1. The summed E-state index contributed by atoms with van der Waals surface area (Å²) in [7, 11) is 0. The molecule has 4 aromatic rings. The minimum Gasteiger partial charge on any atom is -0.452 e. The largest absolute Gasteiger partial charge is 0.452 e. The average Bonchev–Trinajstić information content (AvgIpc) is 3.55. The molecule has 0 aliphatic carbocycles. The Morgan fingerprint density at radius 2 is 1.65 bits per heavy atom. The fourth-order valence-electron chi connectivity index (χ4n) is 5.04. The number of nitrogens with zero attached hydrogens (tertiary/aromatic N) is 2. The molecule has 3 aromatic carbocycles. The van der Waals surface area contributed by atoms with Gasteiger partial charge in [0.1, 0.15) is 28.7 Å². The zero-order valence-corrected chi connectivity index (χ0v) is 29.4. The standard InChI is InChI=1S/C33H25Cl3N4O5S3/c34-15-26(42)39-33-37-16-24(48-33)21-17-46-32-29(47-20-11-12-22(35)23(36)13-20)31(44)40(32)30(21)38-25(41)14-27(43)45-28(18-7-3-1-4-8-18)19-9-5-2-6-10-19/h1-13,16,28-29,32H,14-15,17H2,(H,38,41)(H,37,39,42). The fraction of sp³-hybridized carbons (Fsp3) is 0.182. The molecule has 1 fully saturated rings. The Morgan fingerprint density at radius 1 is 0.958 bits per heavy atom. The zero-order chi connectivity index (χ0) is 33.8. The number of β-lactam (4-membered cyclic amide) rings is 1. The smallest absolute Gasteiger partial charge is 0.316 e. The van der Waals surface area contributed by atoms with Gasteiger partial charge < -0.3 is 15.4 Å². The van der Waals surface area contributed by atoms with Gasteiger partial charge in [-0.05, 0) is 29.3 Å². The second kappa shape index (κ2) is 15.4. The maximum absolute atomic E-state index is 13.7. The lowest BCUT2D eigenvalue weighted by molar-refractivity contribution is -0.149. The first kappa shape index (κ1) is 34.3. The molecule has 0 saturated carbocycles. The van der Waals surface area contributed by atoms with E-state index in [-0.39, 0.29) is 23.0 Å². The lowest BCUT2D eigenvalue weighted by Crippen LogP contribution is -2.64. The van der Waals surface area contributed by atoms with Gasteiger partial charge in [-0.1, -0.05) is 95.2 Å². The number of hydrogen-bond acceptors (Lipinski definition) is 9. The molecule has 246 valence electrons. The van der Waals surface area contributed by atoms with Gasteiger partial charge in [0.15, 0.2) is 11.2 Å². The SMILES string of the molecule is O=C(CC(=O)OC(c1ccccc1)c1ccccc1)NC1=C(c2cnc(NC(=O)CCl)s2)CSC2C(Sc3ccc(Cl)c(Cl)c3)C(=O)N12. The van der Waals surface area contributed by atoms with Crippen molar-refractivity contribution in [1.82, 2.24) is 15.2 Å². The van der Waals surface area contributed by atoms with E-state index < -0.39 is 35.6 Å². The molecule has 2 aliphatic heterocycles. The Morgan fingerprint density at radius 3 is 2.29 bits per heavy atom. The molecule has 2 aliphatic rings. The van der Waals surface area contributed by atoms with Crippen LogP contribution in [-0.4, -0.2) is 55.8 Å². The van der Waals surface area contributed by atoms with Crippen LogP contribution in [0.1, 0.15) is 28.5 Å². The molecule has 0 spiro atoms. The highest BCUT2D eigenvalue weighted by Gasteiger charge is 2.53. The second-order valence-corrected chi connectivity index (χ2v) is 14.9. The summed E-state index contributed by atoms with van der Waals surface area (Å²) < 4.78 is 5.85. The number of esters is 1. The molecule has 15 heteroatoms. The van der Waals surface area contributed by atoms with Crippen molar-refractivity contribution in [2.24, 2.45) is 0 Å². The van der Waals surface area contributed by atoms with E-state index in [0.717, 1.165) is 16.0 Å². The molecule has 2 atom stereocenters. The Labute approximate surface area is 303 Å². The third-order valence-corrected chi connectivity index (χ3v) is 11.9. The Balaban J connectivity index is 1.23. The molecule has 1 saturated heterocycles. The highest BCUT2D eigenvalue weighted by atomic mass is 35.5. The molecular weight excluding hydrogens is 735 g/mol. The van der Waals surface area contributed by atoms with Crippen molar-refractivity contribution in [3.8, 4) is 0 Å². The number of carbonyl (C=O) groups excluding carboxylic acids is 4. The van der Waals surface area contributed by atoms with E-state index in [2.05, 4.69) is 15.6 Å². The van der Waals surface area contributed by atoms with Gasteiger partial charge in [0.05, 0.1) is 14.9 Å². The van der Waals surface area contributed by atoms with Crippen molar-refractivity contribution in [2.45, 2.75) is 28.0 Å². The number of carbonyl (C=O) groups is 4. The van der Waals surface area contributed by atoms with Gasteiger partial charge in [0, 0.05) is 22.4 Å². The number of rotatable bonds is 11. The van der Waals surface area contributed by atoms with E-state index >= 15 is 0 Å². The minimum absolute atomic E-state index is 0.230. The quantitative estimate of drug-likeness (QED) is 0.0714. The normalized spacial score (nSPS) is 17.1. The Bertz CT molecular complexity index is 1850. The second-order valence-electron chi connectivity index (χ2n) is 10.5. The summed E-state index contributed by atoms with van der Waals surface area (Å²) >= 11 is 22.0. The van der Waals surface area contributed by atoms with Gasteiger partial charge in [-0.3, -0.25) is 24.1 Å². The van der Waals surface area contributed by atoms with Crippen LogP contribution in [0.2, 0.25) is 10.0 Å². The molecule has 6 rings (SSSR count). The highest BCUT2D eigenvalue weighted by Crippen LogP contribution is 2.49. The lowest BCUT2D eigenvalue weighted by Gasteiger charge is -2.50. The number of nitrogens with one attached hydrogen (secondary N) is 2. The summed E-state index contributed by atoms with van der Waals surface area (Å²) in [6, 6.07) is 23.7. The molecular formula is C33H25Cl3N4O5S3. The van der Waals surface area contributed by atoms with Crippen molar-refractivity contribution in [3.05, 3.63) is 117 Å². The zero-order valence-electron chi connectivity index (χ0n) is 24.7. The van der Waals surface area contributed by atoms with Gasteiger partial charge in [0.2, 0.25) is 17.7 Å². The first-order valence-corrected chi connectivity index (χ1v) is 18.5. The summed E-state index contributed by atoms with van der Waals surface area (Å²) in [5.41, 5.74) is 2.14. The topological polar surface area (TPSA) is 118 Å². The van der Waals surface area contributed by atoms with Crippen molar-refractivity contribution in [2.75, 3.05) is 16.9 Å². The maximum atomic E-state index is 13.7. The van der Waals surface area contributed by atoms with Crippen LogP contribution in [0.25, 0.3) is 5.57 Å². The summed E-state index contributed by atoms with van der Waals surface area (Å²) in [5, 5.41) is 5.79. The highest BCUT2D eigenvalue weighted by molar-refractivity contribution is 8.04. The van der Waals surface area contributed by atoms with E-state index in [0.29, 0.717) is 31.4 Å². The van der Waals surface area contributed by atoms with E-state index in [9.17, 15) is 19.2 Å². The number of hydrogen-bond donors (Lipinski definition) is 2. The minimum atomic E-state index is -0.735. The van der Waals surface area contributed by atoms with Crippen LogP contribution in [-0.2, 0) is 23.9 Å². The summed E-state index contributed by atoms with van der Waals surface area (Å²) in [4.78, 5) is 59.4. The van der Waals surface area contributed by atoms with Crippen LogP contribution in [0, 0.1) is 0 Å². The van der Waals surface area contributed by atoms with E-state index in [1.54, 1.807) is 24.4 Å². The molecule has 0 bridgehead atoms. The van der Waals surface area contributed by atoms with E-state index in [1.165, 1.54) is 39.8 Å². The lowest BCUT2D eigenvalue weighted by atomic mass is 10.0.